The van der Waals surface area contributed by atoms with E-state index in [1.54, 1.807) is 0 Å². The van der Waals surface area contributed by atoms with Crippen LogP contribution in [-0.2, 0) is 27.4 Å². The highest BCUT2D eigenvalue weighted by Gasteiger charge is 2.28. The number of ether oxygens (including phenoxy) is 2. The summed E-state index contributed by atoms with van der Waals surface area (Å²) in [5.74, 6) is 1.18. The van der Waals surface area contributed by atoms with Crippen molar-refractivity contribution >= 4 is 0 Å². The summed E-state index contributed by atoms with van der Waals surface area (Å²) in [6, 6.07) is 4.28. The molecule has 104 valence electrons. The molecule has 1 saturated heterocycles. The lowest BCUT2D eigenvalue weighted by atomic mass is 9.90. The molecule has 0 N–H and O–H groups in total. The van der Waals surface area contributed by atoms with Crippen LogP contribution in [0.25, 0.3) is 0 Å². The van der Waals surface area contributed by atoms with Gasteiger partial charge >= 0.3 is 0 Å². The van der Waals surface area contributed by atoms with Crippen molar-refractivity contribution in [3.8, 4) is 5.75 Å². The van der Waals surface area contributed by atoms with Crippen molar-refractivity contribution in [3.05, 3.63) is 28.8 Å². The highest BCUT2D eigenvalue weighted by Crippen LogP contribution is 2.38. The van der Waals surface area contributed by atoms with E-state index >= 15 is 0 Å². The molecule has 0 amide bonds. The van der Waals surface area contributed by atoms with Crippen molar-refractivity contribution in [1.29, 1.82) is 0 Å². The van der Waals surface area contributed by atoms with E-state index < -0.39 is 0 Å². The molecule has 4 heteroatoms. The molecule has 19 heavy (non-hydrogen) atoms. The predicted molar refractivity (Wildman–Crippen MR) is 69.7 cm³/mol. The van der Waals surface area contributed by atoms with Crippen molar-refractivity contribution in [2.24, 2.45) is 5.92 Å². The standard InChI is InChI=1S/C15H20O4/c1-3-4-11-5-12-8-18-19-14(12)6-13(11)15-10(2)7-16-9-17-15/h5-6,10,15H,3-4,7-9H2,1-2H3. The Hall–Kier alpha value is -1.10. The summed E-state index contributed by atoms with van der Waals surface area (Å²) in [4.78, 5) is 10.3. The molecule has 3 rings (SSSR count). The fourth-order valence-corrected chi connectivity index (χ4v) is 2.79. The topological polar surface area (TPSA) is 36.9 Å². The van der Waals surface area contributed by atoms with E-state index in [4.69, 9.17) is 19.2 Å². The van der Waals surface area contributed by atoms with E-state index in [-0.39, 0.29) is 6.10 Å². The van der Waals surface area contributed by atoms with Gasteiger partial charge < -0.3 is 14.4 Å². The number of aryl methyl sites for hydroxylation is 1. The highest BCUT2D eigenvalue weighted by atomic mass is 17.2. The van der Waals surface area contributed by atoms with Gasteiger partial charge in [-0.15, -0.1) is 0 Å². The van der Waals surface area contributed by atoms with Gasteiger partial charge in [0.2, 0.25) is 0 Å². The summed E-state index contributed by atoms with van der Waals surface area (Å²) in [6.07, 6.45) is 2.26. The van der Waals surface area contributed by atoms with Gasteiger partial charge in [-0.25, -0.2) is 0 Å². The molecule has 0 aromatic heterocycles. The number of rotatable bonds is 3. The molecule has 0 saturated carbocycles. The van der Waals surface area contributed by atoms with Gasteiger partial charge in [0.25, 0.3) is 0 Å². The number of fused-ring (bicyclic) bond motifs is 1. The highest BCUT2D eigenvalue weighted by molar-refractivity contribution is 5.44. The van der Waals surface area contributed by atoms with E-state index in [9.17, 15) is 0 Å². The van der Waals surface area contributed by atoms with Gasteiger partial charge in [0, 0.05) is 11.5 Å². The largest absolute Gasteiger partial charge is 0.355 e. The van der Waals surface area contributed by atoms with Crippen LogP contribution in [0.2, 0.25) is 0 Å². The summed E-state index contributed by atoms with van der Waals surface area (Å²) in [6.45, 7) is 6.00. The van der Waals surface area contributed by atoms with E-state index in [1.807, 2.05) is 0 Å². The molecular formula is C15H20O4. The molecule has 2 heterocycles. The van der Waals surface area contributed by atoms with Crippen LogP contribution in [0, 0.1) is 5.92 Å². The van der Waals surface area contributed by atoms with Gasteiger partial charge in [0.15, 0.2) is 5.75 Å². The van der Waals surface area contributed by atoms with E-state index in [1.165, 1.54) is 11.1 Å². The van der Waals surface area contributed by atoms with Crippen LogP contribution in [0.3, 0.4) is 0 Å². The minimum absolute atomic E-state index is 0.0878. The zero-order valence-electron chi connectivity index (χ0n) is 11.5. The maximum atomic E-state index is 5.80. The molecule has 0 radical (unpaired) electrons. The van der Waals surface area contributed by atoms with Crippen LogP contribution < -0.4 is 4.89 Å². The average molecular weight is 264 g/mol. The third-order valence-corrected chi connectivity index (χ3v) is 3.74. The van der Waals surface area contributed by atoms with Crippen LogP contribution >= 0.6 is 0 Å². The van der Waals surface area contributed by atoms with Crippen LogP contribution in [0.4, 0.5) is 0 Å². The molecule has 4 nitrogen and oxygen atoms in total. The monoisotopic (exact) mass is 264 g/mol. The van der Waals surface area contributed by atoms with E-state index in [0.717, 1.165) is 30.8 Å². The number of hydrogen-bond donors (Lipinski definition) is 0. The fourth-order valence-electron chi connectivity index (χ4n) is 2.79. The quantitative estimate of drug-likeness (QED) is 0.786. The summed E-state index contributed by atoms with van der Waals surface area (Å²) in [7, 11) is 0. The van der Waals surface area contributed by atoms with Crippen molar-refractivity contribution < 1.29 is 19.2 Å². The first-order chi connectivity index (χ1) is 9.29. The van der Waals surface area contributed by atoms with Crippen LogP contribution in [0.15, 0.2) is 12.1 Å². The fraction of sp³-hybridized carbons (Fsp3) is 0.600. The predicted octanol–water partition coefficient (Wildman–Crippen LogP) is 3.14. The van der Waals surface area contributed by atoms with Gasteiger partial charge in [-0.3, -0.25) is 0 Å². The second-order valence-corrected chi connectivity index (χ2v) is 5.31. The third-order valence-electron chi connectivity index (χ3n) is 3.74. The third kappa shape index (κ3) is 2.48. The van der Waals surface area contributed by atoms with Gasteiger partial charge in [-0.1, -0.05) is 20.3 Å². The second-order valence-electron chi connectivity index (χ2n) is 5.31. The Kier molecular flexibility index (Phi) is 3.73. The molecule has 0 spiro atoms. The zero-order valence-corrected chi connectivity index (χ0v) is 11.5. The molecule has 2 unspecified atom stereocenters. The molecule has 1 fully saturated rings. The lowest BCUT2D eigenvalue weighted by molar-refractivity contribution is -0.194. The normalized spacial score (nSPS) is 26.0. The minimum Gasteiger partial charge on any atom is -0.355 e. The van der Waals surface area contributed by atoms with Crippen molar-refractivity contribution in [3.63, 3.8) is 0 Å². The molecule has 1 aromatic rings. The van der Waals surface area contributed by atoms with Crippen LogP contribution in [-0.4, -0.2) is 13.4 Å². The van der Waals surface area contributed by atoms with Crippen LogP contribution in [0.1, 0.15) is 43.1 Å². The maximum absolute atomic E-state index is 5.80. The molecule has 2 aliphatic heterocycles. The SMILES string of the molecule is CCCc1cc2c(cc1C1OCOCC1C)OOC2. The molecular weight excluding hydrogens is 244 g/mol. The summed E-state index contributed by atoms with van der Waals surface area (Å²) in [5, 5.41) is 0. The first-order valence-corrected chi connectivity index (χ1v) is 6.94. The Morgan fingerprint density at radius 2 is 2.21 bits per heavy atom. The Morgan fingerprint density at radius 3 is 3.00 bits per heavy atom. The summed E-state index contributed by atoms with van der Waals surface area (Å²) in [5.41, 5.74) is 3.70. The molecule has 2 aliphatic rings. The van der Waals surface area contributed by atoms with Crippen molar-refractivity contribution in [2.75, 3.05) is 13.4 Å². The molecule has 0 bridgehead atoms. The van der Waals surface area contributed by atoms with Gasteiger partial charge in [0.1, 0.15) is 13.4 Å². The average Bonchev–Trinajstić information content (AvgIpc) is 2.86. The van der Waals surface area contributed by atoms with Gasteiger partial charge in [-0.05, 0) is 29.7 Å². The molecule has 2 atom stereocenters. The first-order valence-electron chi connectivity index (χ1n) is 6.94. The summed E-state index contributed by atoms with van der Waals surface area (Å²) >= 11 is 0. The van der Waals surface area contributed by atoms with Gasteiger partial charge in [-0.2, -0.15) is 4.89 Å². The Balaban J connectivity index is 1.97. The Morgan fingerprint density at radius 1 is 1.32 bits per heavy atom. The van der Waals surface area contributed by atoms with Crippen molar-refractivity contribution in [2.45, 2.75) is 39.4 Å². The second kappa shape index (κ2) is 5.49. The van der Waals surface area contributed by atoms with E-state index in [2.05, 4.69) is 26.0 Å². The first kappa shape index (κ1) is 12.9. The molecule has 0 aliphatic carbocycles. The van der Waals surface area contributed by atoms with Gasteiger partial charge in [0.05, 0.1) is 12.7 Å². The lowest BCUT2D eigenvalue weighted by Gasteiger charge is -2.31. The number of hydrogen-bond acceptors (Lipinski definition) is 4. The maximum Gasteiger partial charge on any atom is 0.171 e. The van der Waals surface area contributed by atoms with Crippen LogP contribution in [0.5, 0.6) is 5.75 Å². The van der Waals surface area contributed by atoms with E-state index in [0.29, 0.717) is 19.3 Å². The minimum atomic E-state index is 0.0878. The smallest absolute Gasteiger partial charge is 0.171 e. The Bertz CT molecular complexity index is 458. The Labute approximate surface area is 113 Å². The summed E-state index contributed by atoms with van der Waals surface area (Å²) < 4.78 is 11.2. The van der Waals surface area contributed by atoms with Crippen molar-refractivity contribution in [1.82, 2.24) is 0 Å². The molecule has 1 aromatic carbocycles. The lowest BCUT2D eigenvalue weighted by Crippen LogP contribution is -2.26. The number of benzene rings is 1. The zero-order chi connectivity index (χ0) is 13.2.